The summed E-state index contributed by atoms with van der Waals surface area (Å²) in [7, 11) is 2.50. The lowest BCUT2D eigenvalue weighted by Gasteiger charge is -2.16. The fourth-order valence-electron chi connectivity index (χ4n) is 3.63. The standard InChI is InChI=1S/C26H28N2O6/c1-6-12-17-15-18(16-20(33-7-2)24(17)34-8-3)22-21(25(29)31-4)23(26(30)32-5)28(27-22)19-13-10-9-11-14-19/h6,9-11,13-16H,1,7-8,12H2,2-5H3. The molecule has 0 N–H and O–H groups in total. The molecular weight excluding hydrogens is 436 g/mol. The fourth-order valence-corrected chi connectivity index (χ4v) is 3.63. The van der Waals surface area contributed by atoms with Gasteiger partial charge in [0.05, 0.1) is 33.1 Å². The van der Waals surface area contributed by atoms with Crippen molar-refractivity contribution in [3.05, 3.63) is 71.9 Å². The van der Waals surface area contributed by atoms with Crippen molar-refractivity contribution < 1.29 is 28.5 Å². The van der Waals surface area contributed by atoms with Gasteiger partial charge in [0.2, 0.25) is 0 Å². The smallest absolute Gasteiger partial charge is 0.357 e. The van der Waals surface area contributed by atoms with Crippen molar-refractivity contribution in [3.63, 3.8) is 0 Å². The molecule has 1 aromatic heterocycles. The Labute approximate surface area is 198 Å². The minimum atomic E-state index is -0.717. The van der Waals surface area contributed by atoms with Crippen LogP contribution in [0.5, 0.6) is 11.5 Å². The molecule has 0 unspecified atom stereocenters. The van der Waals surface area contributed by atoms with Crippen LogP contribution in [0.4, 0.5) is 0 Å². The van der Waals surface area contributed by atoms with E-state index in [1.54, 1.807) is 24.3 Å². The van der Waals surface area contributed by atoms with Crippen LogP contribution >= 0.6 is 0 Å². The number of aromatic nitrogens is 2. The molecule has 0 bridgehead atoms. The molecular formula is C26H28N2O6. The van der Waals surface area contributed by atoms with Gasteiger partial charge in [-0.1, -0.05) is 24.3 Å². The zero-order valence-corrected chi connectivity index (χ0v) is 19.8. The van der Waals surface area contributed by atoms with Gasteiger partial charge in [0.25, 0.3) is 0 Å². The SMILES string of the molecule is C=CCc1cc(-c2nn(-c3ccccc3)c(C(=O)OC)c2C(=O)OC)cc(OCC)c1OCC. The molecule has 0 saturated carbocycles. The first-order valence-electron chi connectivity index (χ1n) is 10.9. The minimum absolute atomic E-state index is 0.00522. The Morgan fingerprint density at radius 2 is 1.68 bits per heavy atom. The summed E-state index contributed by atoms with van der Waals surface area (Å²) in [5.74, 6) is -0.327. The first kappa shape index (κ1) is 24.6. The Balaban J connectivity index is 2.38. The van der Waals surface area contributed by atoms with Crippen LogP contribution in [-0.4, -0.2) is 49.2 Å². The van der Waals surface area contributed by atoms with Crippen LogP contribution in [-0.2, 0) is 15.9 Å². The van der Waals surface area contributed by atoms with Crippen molar-refractivity contribution in [2.75, 3.05) is 27.4 Å². The number of allylic oxidation sites excluding steroid dienone is 1. The summed E-state index contributed by atoms with van der Waals surface area (Å²) in [5.41, 5.74) is 2.17. The molecule has 0 fully saturated rings. The van der Waals surface area contributed by atoms with Gasteiger partial charge in [0.15, 0.2) is 17.2 Å². The van der Waals surface area contributed by atoms with E-state index in [1.165, 1.54) is 18.9 Å². The predicted octanol–water partition coefficient (Wildman–Crippen LogP) is 4.64. The lowest BCUT2D eigenvalue weighted by molar-refractivity contribution is 0.0549. The summed E-state index contributed by atoms with van der Waals surface area (Å²) in [6.07, 6.45) is 2.25. The van der Waals surface area contributed by atoms with E-state index in [0.29, 0.717) is 42.4 Å². The number of carbonyl (C=O) groups excluding carboxylic acids is 2. The summed E-state index contributed by atoms with van der Waals surface area (Å²) in [6.45, 7) is 8.45. The van der Waals surface area contributed by atoms with Crippen LogP contribution in [0.2, 0.25) is 0 Å². The van der Waals surface area contributed by atoms with Crippen LogP contribution < -0.4 is 9.47 Å². The van der Waals surface area contributed by atoms with Gasteiger partial charge in [-0.05, 0) is 44.5 Å². The van der Waals surface area contributed by atoms with Gasteiger partial charge in [-0.3, -0.25) is 0 Å². The third kappa shape index (κ3) is 4.80. The summed E-state index contributed by atoms with van der Waals surface area (Å²) in [5, 5.41) is 4.66. The molecule has 2 aromatic carbocycles. The van der Waals surface area contributed by atoms with Crippen LogP contribution in [0.3, 0.4) is 0 Å². The van der Waals surface area contributed by atoms with E-state index in [2.05, 4.69) is 11.7 Å². The Bertz CT molecular complexity index is 1180. The lowest BCUT2D eigenvalue weighted by atomic mass is 10.00. The van der Waals surface area contributed by atoms with Gasteiger partial charge in [0.1, 0.15) is 11.3 Å². The topological polar surface area (TPSA) is 88.9 Å². The quantitative estimate of drug-likeness (QED) is 0.319. The van der Waals surface area contributed by atoms with Crippen LogP contribution in [0.1, 0.15) is 40.3 Å². The first-order valence-corrected chi connectivity index (χ1v) is 10.9. The van der Waals surface area contributed by atoms with Gasteiger partial charge in [-0.25, -0.2) is 14.3 Å². The summed E-state index contributed by atoms with van der Waals surface area (Å²) in [4.78, 5) is 25.8. The van der Waals surface area contributed by atoms with Gasteiger partial charge in [0, 0.05) is 11.1 Å². The second-order valence-corrected chi connectivity index (χ2v) is 7.12. The summed E-state index contributed by atoms with van der Waals surface area (Å²) in [6, 6.07) is 12.6. The second-order valence-electron chi connectivity index (χ2n) is 7.12. The number of hydrogen-bond donors (Lipinski definition) is 0. The molecule has 0 spiro atoms. The van der Waals surface area contributed by atoms with Crippen LogP contribution in [0.15, 0.2) is 55.1 Å². The third-order valence-corrected chi connectivity index (χ3v) is 5.01. The number of benzene rings is 2. The molecule has 3 rings (SSSR count). The summed E-state index contributed by atoms with van der Waals surface area (Å²) < 4.78 is 23.1. The van der Waals surface area contributed by atoms with Crippen LogP contribution in [0.25, 0.3) is 16.9 Å². The number of ether oxygens (including phenoxy) is 4. The summed E-state index contributed by atoms with van der Waals surface area (Å²) >= 11 is 0. The van der Waals surface area contributed by atoms with Gasteiger partial charge < -0.3 is 18.9 Å². The average Bonchev–Trinajstić information content (AvgIpc) is 3.26. The molecule has 0 aliphatic rings. The maximum absolute atomic E-state index is 12.9. The van der Waals surface area contributed by atoms with Crippen LogP contribution in [0, 0.1) is 0 Å². The molecule has 0 aliphatic heterocycles. The predicted molar refractivity (Wildman–Crippen MR) is 128 cm³/mol. The molecule has 0 amide bonds. The largest absolute Gasteiger partial charge is 0.490 e. The average molecular weight is 465 g/mol. The number of para-hydroxylation sites is 1. The molecule has 8 heteroatoms. The fraction of sp³-hybridized carbons (Fsp3) is 0.269. The highest BCUT2D eigenvalue weighted by Crippen LogP contribution is 2.39. The molecule has 8 nitrogen and oxygen atoms in total. The Hall–Kier alpha value is -4.07. The first-order chi connectivity index (χ1) is 16.5. The number of nitrogens with zero attached hydrogens (tertiary/aromatic N) is 2. The normalized spacial score (nSPS) is 10.5. The van der Waals surface area contributed by atoms with Crippen molar-refractivity contribution in [1.29, 1.82) is 0 Å². The Kier molecular flexibility index (Phi) is 8.08. The molecule has 34 heavy (non-hydrogen) atoms. The maximum atomic E-state index is 12.9. The van der Waals surface area contributed by atoms with E-state index < -0.39 is 11.9 Å². The van der Waals surface area contributed by atoms with Crippen molar-refractivity contribution in [1.82, 2.24) is 9.78 Å². The van der Waals surface area contributed by atoms with E-state index in [1.807, 2.05) is 38.1 Å². The van der Waals surface area contributed by atoms with E-state index in [9.17, 15) is 9.59 Å². The van der Waals surface area contributed by atoms with Crippen molar-refractivity contribution >= 4 is 11.9 Å². The van der Waals surface area contributed by atoms with Crippen molar-refractivity contribution in [2.24, 2.45) is 0 Å². The number of esters is 2. The highest BCUT2D eigenvalue weighted by atomic mass is 16.5. The molecule has 0 atom stereocenters. The molecule has 178 valence electrons. The van der Waals surface area contributed by atoms with Gasteiger partial charge >= 0.3 is 11.9 Å². The third-order valence-electron chi connectivity index (χ3n) is 5.01. The van der Waals surface area contributed by atoms with E-state index in [-0.39, 0.29) is 17.0 Å². The molecule has 3 aromatic rings. The zero-order valence-electron chi connectivity index (χ0n) is 19.8. The Morgan fingerprint density at radius 3 is 2.26 bits per heavy atom. The molecule has 1 heterocycles. The van der Waals surface area contributed by atoms with E-state index >= 15 is 0 Å². The molecule has 0 saturated heterocycles. The lowest BCUT2D eigenvalue weighted by Crippen LogP contribution is -2.15. The highest BCUT2D eigenvalue weighted by molar-refractivity contribution is 6.07. The number of carbonyl (C=O) groups is 2. The highest BCUT2D eigenvalue weighted by Gasteiger charge is 2.32. The van der Waals surface area contributed by atoms with E-state index in [0.717, 1.165) is 5.56 Å². The second kappa shape index (κ2) is 11.2. The molecule has 0 radical (unpaired) electrons. The van der Waals surface area contributed by atoms with Crippen molar-refractivity contribution in [3.8, 4) is 28.4 Å². The van der Waals surface area contributed by atoms with Crippen molar-refractivity contribution in [2.45, 2.75) is 20.3 Å². The van der Waals surface area contributed by atoms with Gasteiger partial charge in [-0.2, -0.15) is 5.10 Å². The number of methoxy groups -OCH3 is 2. The van der Waals surface area contributed by atoms with Gasteiger partial charge in [-0.15, -0.1) is 6.58 Å². The monoisotopic (exact) mass is 464 g/mol. The Morgan fingerprint density at radius 1 is 1.00 bits per heavy atom. The minimum Gasteiger partial charge on any atom is -0.490 e. The number of rotatable bonds is 10. The zero-order chi connectivity index (χ0) is 24.7. The molecule has 0 aliphatic carbocycles. The maximum Gasteiger partial charge on any atom is 0.357 e. The van der Waals surface area contributed by atoms with E-state index in [4.69, 9.17) is 18.9 Å². The number of hydrogen-bond acceptors (Lipinski definition) is 7.